The van der Waals surface area contributed by atoms with Crippen molar-refractivity contribution in [3.05, 3.63) is 88.3 Å². The second-order valence-corrected chi connectivity index (χ2v) is 11.1. The quantitative estimate of drug-likeness (QED) is 0.139. The van der Waals surface area contributed by atoms with Crippen LogP contribution in [0.15, 0.2) is 66.1 Å². The van der Waals surface area contributed by atoms with Crippen LogP contribution < -0.4 is 10.1 Å². The Labute approximate surface area is 249 Å². The number of carboxylic acids is 1. The summed E-state index contributed by atoms with van der Waals surface area (Å²) in [6, 6.07) is 17.7. The number of methoxy groups -OCH3 is 1. The number of alkyl halides is 2. The molecule has 1 fully saturated rings. The van der Waals surface area contributed by atoms with Crippen LogP contribution in [0.2, 0.25) is 0 Å². The molecule has 0 spiro atoms. The van der Waals surface area contributed by atoms with Crippen molar-refractivity contribution >= 4 is 18.0 Å². The number of aromatic nitrogens is 1. The standard InChI is InChI=1S/C33H36F2N4O4/c1-21-5-3-6-26(28-7-4-8-29(37-28)38-31(42-2)27(18-36)32(40)41)30(21)43-20-22-9-10-24-19-39(16-13-23(24)17-22)25-11-14-33(34,35)15-12-25/h3-10,17-18,25,36H,11-16,19-20H2,1-2H3,(H,37,38)(H,40,41)/b31-27-,36-18?. The van der Waals surface area contributed by atoms with Crippen molar-refractivity contribution in [3.63, 3.8) is 0 Å². The van der Waals surface area contributed by atoms with Crippen LogP contribution in [-0.4, -0.2) is 52.8 Å². The number of pyridine rings is 1. The van der Waals surface area contributed by atoms with Crippen LogP contribution in [0.3, 0.4) is 0 Å². The van der Waals surface area contributed by atoms with E-state index in [2.05, 4.69) is 33.4 Å². The minimum Gasteiger partial charge on any atom is -0.488 e. The van der Waals surface area contributed by atoms with Crippen LogP contribution in [0.25, 0.3) is 11.3 Å². The Hall–Kier alpha value is -4.31. The molecular weight excluding hydrogens is 554 g/mol. The van der Waals surface area contributed by atoms with Gasteiger partial charge in [0.05, 0.1) is 12.8 Å². The summed E-state index contributed by atoms with van der Waals surface area (Å²) in [6.45, 7) is 4.00. The van der Waals surface area contributed by atoms with Crippen LogP contribution in [0.5, 0.6) is 5.75 Å². The number of fused-ring (bicyclic) bond motifs is 1. The Bertz CT molecular complexity index is 1530. The fraction of sp³-hybridized carbons (Fsp3) is 0.364. The van der Waals surface area contributed by atoms with Gasteiger partial charge in [0, 0.05) is 43.8 Å². The average Bonchev–Trinajstić information content (AvgIpc) is 3.00. The number of benzene rings is 2. The van der Waals surface area contributed by atoms with Crippen molar-refractivity contribution in [2.24, 2.45) is 0 Å². The number of carbonyl (C=O) groups is 1. The molecule has 0 unspecified atom stereocenters. The molecule has 43 heavy (non-hydrogen) atoms. The lowest BCUT2D eigenvalue weighted by molar-refractivity contribution is -0.132. The summed E-state index contributed by atoms with van der Waals surface area (Å²) >= 11 is 0. The van der Waals surface area contributed by atoms with Gasteiger partial charge in [-0.3, -0.25) is 4.90 Å². The Balaban J connectivity index is 1.30. The van der Waals surface area contributed by atoms with Gasteiger partial charge < -0.3 is 25.3 Å². The first-order valence-corrected chi connectivity index (χ1v) is 14.4. The number of aryl methyl sites for hydroxylation is 1. The van der Waals surface area contributed by atoms with Crippen molar-refractivity contribution in [3.8, 4) is 17.0 Å². The minimum atomic E-state index is -2.51. The fourth-order valence-corrected chi connectivity index (χ4v) is 5.84. The van der Waals surface area contributed by atoms with Gasteiger partial charge in [-0.05, 0) is 66.6 Å². The molecule has 2 aromatic carbocycles. The number of hydrogen-bond acceptors (Lipinski definition) is 7. The van der Waals surface area contributed by atoms with E-state index in [0.717, 1.165) is 36.2 Å². The zero-order valence-corrected chi connectivity index (χ0v) is 24.3. The molecule has 1 saturated carbocycles. The van der Waals surface area contributed by atoms with Gasteiger partial charge in [-0.1, -0.05) is 36.4 Å². The lowest BCUT2D eigenvalue weighted by Gasteiger charge is -2.39. The first-order valence-electron chi connectivity index (χ1n) is 14.4. The third-order valence-electron chi connectivity index (χ3n) is 8.20. The SMILES string of the molecule is CO/C(Nc1cccc(-c2cccc(C)c2OCc2ccc3c(c2)CCN(C2CCC(F)(F)CC2)C3)n1)=C(/C=N)C(=O)O. The molecule has 10 heteroatoms. The number of aliphatic carboxylic acids is 1. The number of halogens is 2. The largest absolute Gasteiger partial charge is 0.488 e. The average molecular weight is 591 g/mol. The Morgan fingerprint density at radius 3 is 2.65 bits per heavy atom. The number of nitrogens with zero attached hydrogens (tertiary/aromatic N) is 2. The van der Waals surface area contributed by atoms with Crippen molar-refractivity contribution < 1.29 is 28.2 Å². The number of carboxylic acid groups (broad SMARTS) is 1. The minimum absolute atomic E-state index is 0.0177. The molecular formula is C33H36F2N4O4. The van der Waals surface area contributed by atoms with Gasteiger partial charge in [0.1, 0.15) is 23.7 Å². The number of nitrogens with one attached hydrogen (secondary N) is 2. The molecule has 226 valence electrons. The molecule has 3 aromatic rings. The lowest BCUT2D eigenvalue weighted by Crippen LogP contribution is -2.43. The Morgan fingerprint density at radius 2 is 1.93 bits per heavy atom. The summed E-state index contributed by atoms with van der Waals surface area (Å²) in [5.74, 6) is -2.85. The highest BCUT2D eigenvalue weighted by molar-refractivity contribution is 6.08. The summed E-state index contributed by atoms with van der Waals surface area (Å²) in [5, 5.41) is 19.6. The van der Waals surface area contributed by atoms with Crippen LogP contribution in [-0.2, 0) is 29.1 Å². The van der Waals surface area contributed by atoms with Gasteiger partial charge in [0.15, 0.2) is 0 Å². The summed E-state index contributed by atoms with van der Waals surface area (Å²) in [6.07, 6.45) is 2.67. The van der Waals surface area contributed by atoms with E-state index in [9.17, 15) is 18.7 Å². The fourth-order valence-electron chi connectivity index (χ4n) is 5.84. The van der Waals surface area contributed by atoms with Gasteiger partial charge >= 0.3 is 5.97 Å². The Morgan fingerprint density at radius 1 is 1.16 bits per heavy atom. The van der Waals surface area contributed by atoms with Crippen LogP contribution >= 0.6 is 0 Å². The lowest BCUT2D eigenvalue weighted by atomic mass is 9.89. The van der Waals surface area contributed by atoms with Crippen LogP contribution in [0.4, 0.5) is 14.6 Å². The van der Waals surface area contributed by atoms with E-state index >= 15 is 0 Å². The third-order valence-corrected chi connectivity index (χ3v) is 8.20. The van der Waals surface area contributed by atoms with Crippen LogP contribution in [0, 0.1) is 12.3 Å². The molecule has 0 saturated heterocycles. The molecule has 0 amide bonds. The number of para-hydroxylation sites is 1. The summed E-state index contributed by atoms with van der Waals surface area (Å²) in [7, 11) is 1.32. The first kappa shape index (κ1) is 30.2. The van der Waals surface area contributed by atoms with Crippen molar-refractivity contribution in [2.75, 3.05) is 19.0 Å². The molecule has 1 aliphatic heterocycles. The van der Waals surface area contributed by atoms with Gasteiger partial charge in [0.2, 0.25) is 11.8 Å². The summed E-state index contributed by atoms with van der Waals surface area (Å²) < 4.78 is 38.8. The highest BCUT2D eigenvalue weighted by atomic mass is 19.3. The highest BCUT2D eigenvalue weighted by Gasteiger charge is 2.37. The zero-order chi connectivity index (χ0) is 30.6. The van der Waals surface area contributed by atoms with E-state index in [-0.39, 0.29) is 30.3 Å². The van der Waals surface area contributed by atoms with Gasteiger partial charge in [0.25, 0.3) is 0 Å². The molecule has 0 atom stereocenters. The van der Waals surface area contributed by atoms with Crippen LogP contribution in [0.1, 0.15) is 47.9 Å². The molecule has 3 N–H and O–H groups in total. The molecule has 2 heterocycles. The monoisotopic (exact) mass is 590 g/mol. The van der Waals surface area contributed by atoms with E-state index in [0.29, 0.717) is 42.9 Å². The number of ether oxygens (including phenoxy) is 2. The predicted molar refractivity (Wildman–Crippen MR) is 161 cm³/mol. The van der Waals surface area contributed by atoms with E-state index < -0.39 is 11.9 Å². The highest BCUT2D eigenvalue weighted by Crippen LogP contribution is 2.37. The van der Waals surface area contributed by atoms with Gasteiger partial charge in [-0.15, -0.1) is 0 Å². The topological polar surface area (TPSA) is 108 Å². The van der Waals surface area contributed by atoms with Crippen molar-refractivity contribution in [1.29, 1.82) is 5.41 Å². The molecule has 2 aliphatic rings. The summed E-state index contributed by atoms with van der Waals surface area (Å²) in [4.78, 5) is 18.5. The molecule has 0 radical (unpaired) electrons. The number of rotatable bonds is 10. The smallest absolute Gasteiger partial charge is 0.342 e. The maximum atomic E-state index is 13.6. The Kier molecular flexibility index (Phi) is 9.05. The van der Waals surface area contributed by atoms with Gasteiger partial charge in [-0.2, -0.15) is 0 Å². The maximum absolute atomic E-state index is 13.6. The van der Waals surface area contributed by atoms with Crippen molar-refractivity contribution in [1.82, 2.24) is 9.88 Å². The van der Waals surface area contributed by atoms with Gasteiger partial charge in [-0.25, -0.2) is 18.6 Å². The van der Waals surface area contributed by atoms with Crippen molar-refractivity contribution in [2.45, 2.75) is 64.1 Å². The van der Waals surface area contributed by atoms with E-state index in [1.165, 1.54) is 18.2 Å². The predicted octanol–water partition coefficient (Wildman–Crippen LogP) is 6.58. The van der Waals surface area contributed by atoms with E-state index in [4.69, 9.17) is 14.9 Å². The second kappa shape index (κ2) is 12.9. The normalized spacial score (nSPS) is 17.4. The number of hydrogen-bond donors (Lipinski definition) is 3. The van der Waals surface area contributed by atoms with E-state index in [1.54, 1.807) is 12.1 Å². The van der Waals surface area contributed by atoms with E-state index in [1.807, 2.05) is 31.2 Å². The molecule has 8 nitrogen and oxygen atoms in total. The summed E-state index contributed by atoms with van der Waals surface area (Å²) in [5.41, 5.74) is 5.59. The molecule has 1 aromatic heterocycles. The third kappa shape index (κ3) is 7.02. The molecule has 0 bridgehead atoms. The number of anilines is 1. The second-order valence-electron chi connectivity index (χ2n) is 11.1. The molecule has 5 rings (SSSR count). The zero-order valence-electron chi connectivity index (χ0n) is 24.3. The maximum Gasteiger partial charge on any atom is 0.342 e. The first-order chi connectivity index (χ1) is 20.7. The molecule has 1 aliphatic carbocycles.